The van der Waals surface area contributed by atoms with Crippen LogP contribution in [0.15, 0.2) is 47.1 Å². The van der Waals surface area contributed by atoms with E-state index in [2.05, 4.69) is 0 Å². The number of allylic oxidation sites excluding steroid dienone is 3. The van der Waals surface area contributed by atoms with Crippen LogP contribution in [0.4, 0.5) is 0 Å². The molecule has 128 valence electrons. The van der Waals surface area contributed by atoms with Crippen molar-refractivity contribution in [3.05, 3.63) is 58.2 Å². The highest BCUT2D eigenvalue weighted by Crippen LogP contribution is 2.27. The molecule has 0 radical (unpaired) electrons. The van der Waals surface area contributed by atoms with Gasteiger partial charge in [0.1, 0.15) is 0 Å². The molecule has 5 nitrogen and oxygen atoms in total. The maximum Gasteiger partial charge on any atom is 0.256 e. The molecule has 1 heterocycles. The summed E-state index contributed by atoms with van der Waals surface area (Å²) in [5, 5.41) is 0. The van der Waals surface area contributed by atoms with Gasteiger partial charge in [0.15, 0.2) is 11.6 Å². The third-order valence-corrected chi connectivity index (χ3v) is 4.67. The molecular formula is C20H19NO4. The van der Waals surface area contributed by atoms with Crippen LogP contribution in [0, 0.1) is 0 Å². The summed E-state index contributed by atoms with van der Waals surface area (Å²) in [4.78, 5) is 50.9. The molecule has 2 aliphatic rings. The number of benzene rings is 1. The Morgan fingerprint density at radius 3 is 2.32 bits per heavy atom. The Morgan fingerprint density at radius 2 is 1.68 bits per heavy atom. The van der Waals surface area contributed by atoms with Crippen molar-refractivity contribution >= 4 is 23.4 Å². The lowest BCUT2D eigenvalue weighted by Crippen LogP contribution is -2.40. The monoisotopic (exact) mass is 337 g/mol. The van der Waals surface area contributed by atoms with Gasteiger partial charge in [0.05, 0.1) is 0 Å². The Labute approximate surface area is 146 Å². The first-order valence-corrected chi connectivity index (χ1v) is 8.34. The number of rotatable bonds is 2. The molecule has 0 aromatic heterocycles. The van der Waals surface area contributed by atoms with Crippen molar-refractivity contribution in [1.82, 2.24) is 4.90 Å². The highest BCUT2D eigenvalue weighted by molar-refractivity contribution is 6.28. The zero-order valence-electron chi connectivity index (χ0n) is 14.3. The standard InChI is InChI=1S/C20H19NO4/c1-12(20(25)21-10-6-5-9-17(21)22)11-16-13(2)18(23)14-7-3-4-8-15(14)19(16)24/h3-4,7-8,11H,5-6,9-10H2,1-2H3. The minimum absolute atomic E-state index is 0.189. The van der Waals surface area contributed by atoms with Crippen molar-refractivity contribution < 1.29 is 19.2 Å². The second-order valence-electron chi connectivity index (χ2n) is 6.38. The van der Waals surface area contributed by atoms with Gasteiger partial charge in [0, 0.05) is 40.8 Å². The molecule has 0 bridgehead atoms. The fraction of sp³-hybridized carbons (Fsp3) is 0.300. The van der Waals surface area contributed by atoms with Gasteiger partial charge in [-0.1, -0.05) is 24.3 Å². The van der Waals surface area contributed by atoms with Crippen LogP contribution in [0.5, 0.6) is 0 Å². The number of hydrogen-bond donors (Lipinski definition) is 0. The third-order valence-electron chi connectivity index (χ3n) is 4.67. The number of amides is 2. The van der Waals surface area contributed by atoms with Crippen LogP contribution < -0.4 is 0 Å². The number of piperidine rings is 1. The van der Waals surface area contributed by atoms with Crippen LogP contribution in [-0.4, -0.2) is 34.8 Å². The van der Waals surface area contributed by atoms with E-state index in [-0.39, 0.29) is 28.6 Å². The highest BCUT2D eigenvalue weighted by Gasteiger charge is 2.30. The number of nitrogens with zero attached hydrogens (tertiary/aromatic N) is 1. The average Bonchev–Trinajstić information content (AvgIpc) is 2.63. The van der Waals surface area contributed by atoms with Crippen molar-refractivity contribution in [2.75, 3.05) is 6.54 Å². The van der Waals surface area contributed by atoms with Crippen LogP contribution in [0.1, 0.15) is 53.8 Å². The van der Waals surface area contributed by atoms with Crippen LogP contribution in [-0.2, 0) is 9.59 Å². The number of imide groups is 1. The van der Waals surface area contributed by atoms with E-state index in [4.69, 9.17) is 0 Å². The van der Waals surface area contributed by atoms with Gasteiger partial charge >= 0.3 is 0 Å². The lowest BCUT2D eigenvalue weighted by molar-refractivity contribution is -0.144. The van der Waals surface area contributed by atoms with E-state index >= 15 is 0 Å². The fourth-order valence-electron chi connectivity index (χ4n) is 3.20. The van der Waals surface area contributed by atoms with E-state index in [1.165, 1.54) is 11.0 Å². The summed E-state index contributed by atoms with van der Waals surface area (Å²) in [5.41, 5.74) is 1.56. The van der Waals surface area contributed by atoms with Crippen LogP contribution >= 0.6 is 0 Å². The van der Waals surface area contributed by atoms with Crippen molar-refractivity contribution in [3.8, 4) is 0 Å². The van der Waals surface area contributed by atoms with Gasteiger partial charge in [-0.05, 0) is 32.8 Å². The number of Topliss-reactive ketones (excluding diaryl/α,β-unsaturated/α-hetero) is 2. The predicted molar refractivity (Wildman–Crippen MR) is 92.1 cm³/mol. The summed E-state index contributed by atoms with van der Waals surface area (Å²) in [6, 6.07) is 6.66. The Morgan fingerprint density at radius 1 is 1.04 bits per heavy atom. The summed E-state index contributed by atoms with van der Waals surface area (Å²) in [6.07, 6.45) is 3.39. The van der Waals surface area contributed by atoms with E-state index in [0.717, 1.165) is 12.8 Å². The lowest BCUT2D eigenvalue weighted by atomic mass is 9.84. The van der Waals surface area contributed by atoms with Gasteiger partial charge in [-0.2, -0.15) is 0 Å². The van der Waals surface area contributed by atoms with Gasteiger partial charge in [0.2, 0.25) is 5.91 Å². The highest BCUT2D eigenvalue weighted by atomic mass is 16.2. The maximum absolute atomic E-state index is 12.7. The first-order chi connectivity index (χ1) is 11.9. The molecule has 1 fully saturated rings. The summed E-state index contributed by atoms with van der Waals surface area (Å²) >= 11 is 0. The predicted octanol–water partition coefficient (Wildman–Crippen LogP) is 2.87. The minimum Gasteiger partial charge on any atom is -0.289 e. The molecular weight excluding hydrogens is 318 g/mol. The molecule has 0 atom stereocenters. The zero-order chi connectivity index (χ0) is 18.1. The van der Waals surface area contributed by atoms with Crippen LogP contribution in [0.2, 0.25) is 0 Å². The maximum atomic E-state index is 12.7. The van der Waals surface area contributed by atoms with Gasteiger partial charge < -0.3 is 0 Å². The first-order valence-electron chi connectivity index (χ1n) is 8.34. The lowest BCUT2D eigenvalue weighted by Gasteiger charge is -2.25. The molecule has 1 saturated heterocycles. The SMILES string of the molecule is CC(=CC1=C(C)C(=O)c2ccccc2C1=O)C(=O)N1CCCCC1=O. The smallest absolute Gasteiger partial charge is 0.256 e. The Balaban J connectivity index is 1.95. The molecule has 3 rings (SSSR count). The molecule has 2 amide bonds. The van der Waals surface area contributed by atoms with Gasteiger partial charge in [0.25, 0.3) is 5.91 Å². The van der Waals surface area contributed by atoms with Crippen molar-refractivity contribution in [3.63, 3.8) is 0 Å². The van der Waals surface area contributed by atoms with Gasteiger partial charge in [-0.15, -0.1) is 0 Å². The molecule has 0 unspecified atom stereocenters. The fourth-order valence-corrected chi connectivity index (χ4v) is 3.20. The number of ketones is 2. The zero-order valence-corrected chi connectivity index (χ0v) is 14.3. The average molecular weight is 337 g/mol. The summed E-state index contributed by atoms with van der Waals surface area (Å²) in [5.74, 6) is -1.07. The van der Waals surface area contributed by atoms with Gasteiger partial charge in [-0.3, -0.25) is 24.1 Å². The van der Waals surface area contributed by atoms with Crippen LogP contribution in [0.25, 0.3) is 0 Å². The van der Waals surface area contributed by atoms with Crippen LogP contribution in [0.3, 0.4) is 0 Å². The number of likely N-dealkylation sites (tertiary alicyclic amines) is 1. The normalized spacial score (nSPS) is 18.6. The van der Waals surface area contributed by atoms with E-state index in [1.54, 1.807) is 38.1 Å². The number of hydrogen-bond acceptors (Lipinski definition) is 4. The Kier molecular flexibility index (Phi) is 4.49. The van der Waals surface area contributed by atoms with E-state index in [0.29, 0.717) is 29.7 Å². The van der Waals surface area contributed by atoms with Gasteiger partial charge in [-0.25, -0.2) is 0 Å². The summed E-state index contributed by atoms with van der Waals surface area (Å²) in [6.45, 7) is 3.56. The molecule has 25 heavy (non-hydrogen) atoms. The molecule has 0 spiro atoms. The molecule has 0 saturated carbocycles. The third kappa shape index (κ3) is 2.97. The number of fused-ring (bicyclic) bond motifs is 1. The molecule has 5 heteroatoms. The second-order valence-corrected chi connectivity index (χ2v) is 6.38. The molecule has 1 aliphatic heterocycles. The topological polar surface area (TPSA) is 71.5 Å². The number of carbonyl (C=O) groups is 4. The van der Waals surface area contributed by atoms with E-state index in [9.17, 15) is 19.2 Å². The second kappa shape index (κ2) is 6.59. The minimum atomic E-state index is -0.399. The molecule has 1 aromatic rings. The summed E-state index contributed by atoms with van der Waals surface area (Å²) < 4.78 is 0. The van der Waals surface area contributed by atoms with Crippen molar-refractivity contribution in [2.45, 2.75) is 33.1 Å². The number of carbonyl (C=O) groups excluding carboxylic acids is 4. The largest absolute Gasteiger partial charge is 0.289 e. The molecule has 1 aromatic carbocycles. The quantitative estimate of drug-likeness (QED) is 0.778. The van der Waals surface area contributed by atoms with E-state index in [1.807, 2.05) is 0 Å². The Bertz CT molecular complexity index is 860. The Hall–Kier alpha value is -2.82. The van der Waals surface area contributed by atoms with E-state index < -0.39 is 5.91 Å². The molecule has 0 N–H and O–H groups in total. The van der Waals surface area contributed by atoms with Crippen molar-refractivity contribution in [2.24, 2.45) is 0 Å². The van der Waals surface area contributed by atoms with Crippen molar-refractivity contribution in [1.29, 1.82) is 0 Å². The summed E-state index contributed by atoms with van der Waals surface area (Å²) in [7, 11) is 0. The first kappa shape index (κ1) is 17.0. The molecule has 1 aliphatic carbocycles.